The van der Waals surface area contributed by atoms with Gasteiger partial charge in [-0.15, -0.1) is 11.3 Å². The first-order valence-corrected chi connectivity index (χ1v) is 13.2. The average Bonchev–Trinajstić information content (AvgIpc) is 3.59. The number of benzene rings is 1. The lowest BCUT2D eigenvalue weighted by Crippen LogP contribution is -2.19. The van der Waals surface area contributed by atoms with Crippen LogP contribution in [0.15, 0.2) is 53.4 Å². The highest BCUT2D eigenvalue weighted by atomic mass is 32.1. The summed E-state index contributed by atoms with van der Waals surface area (Å²) in [6.45, 7) is 8.59. The molecule has 1 saturated heterocycles. The number of carbonyl (C=O) groups is 3. The van der Waals surface area contributed by atoms with E-state index in [-0.39, 0.29) is 23.4 Å². The van der Waals surface area contributed by atoms with Crippen LogP contribution in [-0.4, -0.2) is 41.5 Å². The molecule has 1 unspecified atom stereocenters. The number of amides is 1. The van der Waals surface area contributed by atoms with Gasteiger partial charge in [-0.3, -0.25) is 9.59 Å². The first kappa shape index (κ1) is 26.6. The van der Waals surface area contributed by atoms with Crippen molar-refractivity contribution < 1.29 is 23.9 Å². The van der Waals surface area contributed by atoms with Gasteiger partial charge in [0.15, 0.2) is 6.61 Å². The molecule has 0 saturated carbocycles. The predicted octanol–water partition coefficient (Wildman–Crippen LogP) is 5.96. The van der Waals surface area contributed by atoms with Crippen molar-refractivity contribution in [3.05, 3.63) is 75.9 Å². The Kier molecular flexibility index (Phi) is 8.41. The summed E-state index contributed by atoms with van der Waals surface area (Å²) in [7, 11) is 0. The van der Waals surface area contributed by atoms with E-state index in [4.69, 9.17) is 9.47 Å². The van der Waals surface area contributed by atoms with Gasteiger partial charge in [-0.1, -0.05) is 35.9 Å². The van der Waals surface area contributed by atoms with Gasteiger partial charge in [0.25, 0.3) is 0 Å². The van der Waals surface area contributed by atoms with E-state index in [9.17, 15) is 14.4 Å². The third-order valence-electron chi connectivity index (χ3n) is 6.36. The third kappa shape index (κ3) is 6.26. The predicted molar refractivity (Wildman–Crippen MR) is 145 cm³/mol. The number of hydrogen-bond acceptors (Lipinski definition) is 6. The fourth-order valence-electron chi connectivity index (χ4n) is 4.53. The number of aromatic nitrogens is 1. The number of nitrogens with zero attached hydrogens (tertiary/aromatic N) is 1. The molecule has 1 aliphatic heterocycles. The molecule has 0 aliphatic carbocycles. The Balaban J connectivity index is 1.53. The maximum atomic E-state index is 13.3. The zero-order chi connectivity index (χ0) is 26.5. The van der Waals surface area contributed by atoms with Crippen molar-refractivity contribution >= 4 is 34.0 Å². The molecule has 3 aromatic rings. The van der Waals surface area contributed by atoms with Crippen LogP contribution in [0.3, 0.4) is 0 Å². The topological polar surface area (TPSA) is 86.6 Å². The highest BCUT2D eigenvalue weighted by Gasteiger charge is 2.25. The Hall–Kier alpha value is -3.49. The van der Waals surface area contributed by atoms with Gasteiger partial charge in [0.2, 0.25) is 11.7 Å². The third-order valence-corrected chi connectivity index (χ3v) is 7.25. The second-order valence-electron chi connectivity index (χ2n) is 9.46. The monoisotopic (exact) mass is 520 g/mol. The average molecular weight is 521 g/mol. The molecular weight excluding hydrogens is 488 g/mol. The van der Waals surface area contributed by atoms with Crippen LogP contribution in [0.4, 0.5) is 5.00 Å². The summed E-state index contributed by atoms with van der Waals surface area (Å²) in [6, 6.07) is 11.2. The van der Waals surface area contributed by atoms with E-state index in [1.165, 1.54) is 17.4 Å². The van der Waals surface area contributed by atoms with Crippen molar-refractivity contribution in [3.8, 4) is 11.1 Å². The number of esters is 1. The van der Waals surface area contributed by atoms with Gasteiger partial charge >= 0.3 is 5.97 Å². The summed E-state index contributed by atoms with van der Waals surface area (Å²) in [5.41, 5.74) is 4.88. The lowest BCUT2D eigenvalue weighted by Gasteiger charge is -2.14. The van der Waals surface area contributed by atoms with Gasteiger partial charge in [0.05, 0.1) is 6.10 Å². The summed E-state index contributed by atoms with van der Waals surface area (Å²) in [4.78, 5) is 38.8. The van der Waals surface area contributed by atoms with Crippen LogP contribution in [0, 0.1) is 13.8 Å². The van der Waals surface area contributed by atoms with E-state index >= 15 is 0 Å². The molecule has 1 amide bonds. The zero-order valence-electron chi connectivity index (χ0n) is 21.6. The Morgan fingerprint density at radius 1 is 1.19 bits per heavy atom. The number of carbonyl (C=O) groups excluding carboxylic acids is 3. The molecule has 4 rings (SSSR count). The van der Waals surface area contributed by atoms with Gasteiger partial charge in [-0.25, -0.2) is 4.79 Å². The minimum atomic E-state index is -0.658. The van der Waals surface area contributed by atoms with E-state index in [0.29, 0.717) is 22.7 Å². The number of thiophene rings is 1. The van der Waals surface area contributed by atoms with Crippen LogP contribution in [0.25, 0.3) is 11.1 Å². The Morgan fingerprint density at radius 2 is 1.95 bits per heavy atom. The van der Waals surface area contributed by atoms with Gasteiger partial charge in [0, 0.05) is 47.1 Å². The molecule has 1 atom stereocenters. The Morgan fingerprint density at radius 3 is 2.62 bits per heavy atom. The van der Waals surface area contributed by atoms with Crippen molar-refractivity contribution in [1.82, 2.24) is 4.57 Å². The largest absolute Gasteiger partial charge is 0.454 e. The molecule has 0 spiro atoms. The summed E-state index contributed by atoms with van der Waals surface area (Å²) >= 11 is 1.25. The van der Waals surface area contributed by atoms with Crippen LogP contribution < -0.4 is 5.32 Å². The molecule has 3 heterocycles. The molecule has 37 heavy (non-hydrogen) atoms. The first-order chi connectivity index (χ1) is 17.7. The summed E-state index contributed by atoms with van der Waals surface area (Å²) in [6.07, 6.45) is 3.68. The van der Waals surface area contributed by atoms with E-state index < -0.39 is 12.6 Å². The second-order valence-corrected chi connectivity index (χ2v) is 10.3. The summed E-state index contributed by atoms with van der Waals surface area (Å²) in [5.74, 6) is -1.26. The van der Waals surface area contributed by atoms with E-state index in [2.05, 4.69) is 9.88 Å². The standard InChI is InChI=1S/C29H32N2O5S/c1-18(2)13-26(33)30-28-27(24(17-37-28)21-9-6-5-7-10-21)29(34)36-16-25(32)23-14-19(3)31(20(23)4)15-22-11-8-12-35-22/h5-7,9-10,13-14,17,22H,8,11-12,15-16H2,1-4H3,(H,30,33). The molecule has 194 valence electrons. The minimum Gasteiger partial charge on any atom is -0.454 e. The molecule has 8 heteroatoms. The molecule has 1 aromatic carbocycles. The van der Waals surface area contributed by atoms with Gasteiger partial charge in [0.1, 0.15) is 10.6 Å². The molecule has 0 radical (unpaired) electrons. The highest BCUT2D eigenvalue weighted by molar-refractivity contribution is 7.15. The molecule has 7 nitrogen and oxygen atoms in total. The van der Waals surface area contributed by atoms with Crippen molar-refractivity contribution in [2.45, 2.75) is 53.2 Å². The van der Waals surface area contributed by atoms with Gasteiger partial charge in [-0.05, 0) is 52.2 Å². The number of ether oxygens (including phenoxy) is 2. The first-order valence-electron chi connectivity index (χ1n) is 12.4. The van der Waals surface area contributed by atoms with Crippen LogP contribution in [0.5, 0.6) is 0 Å². The molecule has 1 N–H and O–H groups in total. The zero-order valence-corrected chi connectivity index (χ0v) is 22.4. The van der Waals surface area contributed by atoms with Crippen LogP contribution in [0.1, 0.15) is 58.8 Å². The maximum Gasteiger partial charge on any atom is 0.342 e. The smallest absolute Gasteiger partial charge is 0.342 e. The molecule has 0 bridgehead atoms. The van der Waals surface area contributed by atoms with Crippen molar-refractivity contribution in [3.63, 3.8) is 0 Å². The number of allylic oxidation sites excluding steroid dienone is 1. The molecule has 1 aliphatic rings. The lowest BCUT2D eigenvalue weighted by atomic mass is 10.0. The SMILES string of the molecule is CC(C)=CC(=O)Nc1scc(-c2ccccc2)c1C(=O)OCC(=O)c1cc(C)n(CC2CCCO2)c1C. The highest BCUT2D eigenvalue weighted by Crippen LogP contribution is 2.36. The molecular formula is C29H32N2O5S. The number of hydrogen-bond donors (Lipinski definition) is 1. The van der Waals surface area contributed by atoms with E-state index in [1.807, 2.05) is 69.5 Å². The van der Waals surface area contributed by atoms with Gasteiger partial charge < -0.3 is 19.4 Å². The Bertz CT molecular complexity index is 1330. The second kappa shape index (κ2) is 11.7. The van der Waals surface area contributed by atoms with Crippen LogP contribution in [-0.2, 0) is 20.8 Å². The number of aryl methyl sites for hydroxylation is 1. The number of ketones is 1. The van der Waals surface area contributed by atoms with E-state index in [0.717, 1.165) is 42.0 Å². The molecule has 1 fully saturated rings. The number of Topliss-reactive ketones (excluding diaryl/α,β-unsaturated/α-hetero) is 1. The lowest BCUT2D eigenvalue weighted by molar-refractivity contribution is -0.111. The molecule has 2 aromatic heterocycles. The van der Waals surface area contributed by atoms with E-state index in [1.54, 1.807) is 0 Å². The van der Waals surface area contributed by atoms with Gasteiger partial charge in [-0.2, -0.15) is 0 Å². The number of anilines is 1. The maximum absolute atomic E-state index is 13.3. The quantitative estimate of drug-likeness (QED) is 0.214. The summed E-state index contributed by atoms with van der Waals surface area (Å²) < 4.78 is 13.4. The fourth-order valence-corrected chi connectivity index (χ4v) is 5.49. The minimum absolute atomic E-state index is 0.153. The van der Waals surface area contributed by atoms with Crippen LogP contribution >= 0.6 is 11.3 Å². The Labute approximate surface area is 221 Å². The van der Waals surface area contributed by atoms with Crippen molar-refractivity contribution in [2.24, 2.45) is 0 Å². The fraction of sp³-hybridized carbons (Fsp3) is 0.345. The summed E-state index contributed by atoms with van der Waals surface area (Å²) in [5, 5.41) is 4.98. The normalized spacial score (nSPS) is 14.9. The van der Waals surface area contributed by atoms with Crippen LogP contribution in [0.2, 0.25) is 0 Å². The van der Waals surface area contributed by atoms with Crippen molar-refractivity contribution in [1.29, 1.82) is 0 Å². The van der Waals surface area contributed by atoms with Crippen molar-refractivity contribution in [2.75, 3.05) is 18.5 Å². The number of rotatable bonds is 9. The number of nitrogens with one attached hydrogen (secondary N) is 1.